The minimum Gasteiger partial charge on any atom is -0.386 e. The summed E-state index contributed by atoms with van der Waals surface area (Å²) in [5.74, 6) is 0.673. The van der Waals surface area contributed by atoms with E-state index in [2.05, 4.69) is 56.1 Å². The lowest BCUT2D eigenvalue weighted by Crippen LogP contribution is -2.33. The fourth-order valence-electron chi connectivity index (χ4n) is 1.90. The molecule has 0 amide bonds. The highest BCUT2D eigenvalue weighted by Gasteiger charge is 2.26. The van der Waals surface area contributed by atoms with Crippen LogP contribution in [0.4, 0.5) is 5.69 Å². The van der Waals surface area contributed by atoms with Crippen molar-refractivity contribution >= 4 is 11.5 Å². The molecule has 2 N–H and O–H groups in total. The van der Waals surface area contributed by atoms with Gasteiger partial charge in [0.1, 0.15) is 5.84 Å². The molecule has 2 heteroatoms. The second kappa shape index (κ2) is 4.81. The quantitative estimate of drug-likeness (QED) is 0.618. The summed E-state index contributed by atoms with van der Waals surface area (Å²) in [6, 6.07) is 8.10. The molecule has 0 bridgehead atoms. The highest BCUT2D eigenvalue weighted by molar-refractivity contribution is 5.90. The zero-order chi connectivity index (χ0) is 13.2. The van der Waals surface area contributed by atoms with Crippen LogP contribution in [0.15, 0.2) is 53.1 Å². The van der Waals surface area contributed by atoms with Gasteiger partial charge in [-0.1, -0.05) is 41.5 Å². The molecule has 94 valence electrons. The predicted molar refractivity (Wildman–Crippen MR) is 78.1 cm³/mol. The van der Waals surface area contributed by atoms with E-state index in [0.29, 0.717) is 5.84 Å². The number of benzene rings is 1. The van der Waals surface area contributed by atoms with Gasteiger partial charge in [-0.15, -0.1) is 0 Å². The van der Waals surface area contributed by atoms with E-state index in [1.54, 1.807) is 0 Å². The molecule has 0 radical (unpaired) electrons. The molecule has 1 unspecified atom stereocenters. The molecule has 1 aromatic rings. The van der Waals surface area contributed by atoms with Crippen molar-refractivity contribution in [2.24, 2.45) is 16.1 Å². The summed E-state index contributed by atoms with van der Waals surface area (Å²) in [7, 11) is 0. The summed E-state index contributed by atoms with van der Waals surface area (Å²) in [5.41, 5.74) is 9.44. The number of nitrogens with two attached hydrogens (primary N) is 1. The van der Waals surface area contributed by atoms with Crippen molar-refractivity contribution < 1.29 is 0 Å². The number of aliphatic imine (C=N–C) groups is 1. The molecule has 0 saturated carbocycles. The van der Waals surface area contributed by atoms with Gasteiger partial charge in [0.2, 0.25) is 0 Å². The number of amidine groups is 1. The van der Waals surface area contributed by atoms with Gasteiger partial charge in [0.25, 0.3) is 0 Å². The van der Waals surface area contributed by atoms with E-state index in [0.717, 1.165) is 12.1 Å². The third kappa shape index (κ3) is 2.70. The maximum atomic E-state index is 6.17. The predicted octanol–water partition coefficient (Wildman–Crippen LogP) is 3.90. The molecule has 0 saturated heterocycles. The van der Waals surface area contributed by atoms with Crippen molar-refractivity contribution in [3.63, 3.8) is 0 Å². The van der Waals surface area contributed by atoms with Crippen molar-refractivity contribution in [1.29, 1.82) is 0 Å². The molecule has 0 fully saturated rings. The Bertz CT molecular complexity index is 521. The molecule has 0 aliphatic heterocycles. The Balaban J connectivity index is 2.23. The third-order valence-electron chi connectivity index (χ3n) is 3.43. The van der Waals surface area contributed by atoms with Crippen LogP contribution in [-0.4, -0.2) is 5.84 Å². The van der Waals surface area contributed by atoms with E-state index in [1.165, 1.54) is 11.1 Å². The van der Waals surface area contributed by atoms with Crippen LogP contribution in [0, 0.1) is 12.3 Å². The van der Waals surface area contributed by atoms with E-state index < -0.39 is 0 Å². The molecule has 0 heterocycles. The zero-order valence-corrected chi connectivity index (χ0v) is 11.3. The van der Waals surface area contributed by atoms with Crippen molar-refractivity contribution in [2.75, 3.05) is 0 Å². The Hall–Kier alpha value is -1.83. The van der Waals surface area contributed by atoms with Crippen molar-refractivity contribution in [2.45, 2.75) is 27.2 Å². The second-order valence-corrected chi connectivity index (χ2v) is 5.24. The number of aryl methyl sites for hydroxylation is 1. The largest absolute Gasteiger partial charge is 0.386 e. The number of rotatable bonds is 2. The van der Waals surface area contributed by atoms with E-state index in [-0.39, 0.29) is 5.41 Å². The van der Waals surface area contributed by atoms with Gasteiger partial charge in [0.05, 0.1) is 5.69 Å². The highest BCUT2D eigenvalue weighted by Crippen LogP contribution is 2.30. The fourth-order valence-corrected chi connectivity index (χ4v) is 1.90. The Labute approximate surface area is 109 Å². The Morgan fingerprint density at radius 3 is 2.44 bits per heavy atom. The first-order valence-electron chi connectivity index (χ1n) is 6.27. The summed E-state index contributed by atoms with van der Waals surface area (Å²) in [5, 5.41) is 0. The lowest BCUT2D eigenvalue weighted by Gasteiger charge is -2.26. The number of hydrogen-bond donors (Lipinski definition) is 1. The maximum absolute atomic E-state index is 6.17. The summed E-state index contributed by atoms with van der Waals surface area (Å²) < 4.78 is 0. The van der Waals surface area contributed by atoms with Gasteiger partial charge in [-0.05, 0) is 39.3 Å². The molecule has 2 nitrogen and oxygen atoms in total. The minimum atomic E-state index is -0.162. The SMILES string of the molecule is CC1=CCC(C)(C(N)=Nc2ccc(C)cc2)C=C1. The van der Waals surface area contributed by atoms with Crippen molar-refractivity contribution in [3.05, 3.63) is 53.6 Å². The van der Waals surface area contributed by atoms with Crippen LogP contribution in [0.25, 0.3) is 0 Å². The first-order chi connectivity index (χ1) is 8.49. The van der Waals surface area contributed by atoms with Crippen molar-refractivity contribution in [1.82, 2.24) is 0 Å². The summed E-state index contributed by atoms with van der Waals surface area (Å²) in [4.78, 5) is 4.53. The van der Waals surface area contributed by atoms with E-state index in [9.17, 15) is 0 Å². The lowest BCUT2D eigenvalue weighted by atomic mass is 9.81. The summed E-state index contributed by atoms with van der Waals surface area (Å²) in [6.07, 6.45) is 7.38. The lowest BCUT2D eigenvalue weighted by molar-refractivity contribution is 0.592. The molecular weight excluding hydrogens is 220 g/mol. The first kappa shape index (κ1) is 12.6. The summed E-state index contributed by atoms with van der Waals surface area (Å²) >= 11 is 0. The van der Waals surface area contributed by atoms with E-state index >= 15 is 0 Å². The molecule has 2 rings (SSSR count). The Morgan fingerprint density at radius 1 is 1.22 bits per heavy atom. The minimum absolute atomic E-state index is 0.162. The number of nitrogens with zero attached hydrogens (tertiary/aromatic N) is 1. The van der Waals surface area contributed by atoms with Gasteiger partial charge in [0.15, 0.2) is 0 Å². The average molecular weight is 240 g/mol. The van der Waals surface area contributed by atoms with Crippen LogP contribution >= 0.6 is 0 Å². The molecule has 0 aromatic heterocycles. The highest BCUT2D eigenvalue weighted by atomic mass is 14.9. The van der Waals surface area contributed by atoms with Crippen LogP contribution in [0.2, 0.25) is 0 Å². The van der Waals surface area contributed by atoms with Gasteiger partial charge in [-0.2, -0.15) is 0 Å². The monoisotopic (exact) mass is 240 g/mol. The van der Waals surface area contributed by atoms with E-state index in [1.807, 2.05) is 12.1 Å². The van der Waals surface area contributed by atoms with Gasteiger partial charge in [-0.25, -0.2) is 4.99 Å². The molecule has 18 heavy (non-hydrogen) atoms. The topological polar surface area (TPSA) is 38.4 Å². The van der Waals surface area contributed by atoms with Crippen molar-refractivity contribution in [3.8, 4) is 0 Å². The van der Waals surface area contributed by atoms with Crippen LogP contribution < -0.4 is 5.73 Å². The van der Waals surface area contributed by atoms with E-state index in [4.69, 9.17) is 5.73 Å². The molecular formula is C16H20N2. The maximum Gasteiger partial charge on any atom is 0.110 e. The molecule has 1 aliphatic rings. The van der Waals surface area contributed by atoms with Gasteiger partial charge >= 0.3 is 0 Å². The van der Waals surface area contributed by atoms with Crippen LogP contribution in [0.5, 0.6) is 0 Å². The van der Waals surface area contributed by atoms with Crippen LogP contribution in [0.3, 0.4) is 0 Å². The fraction of sp³-hybridized carbons (Fsp3) is 0.312. The molecule has 1 atom stereocenters. The van der Waals surface area contributed by atoms with Gasteiger partial charge in [0, 0.05) is 5.41 Å². The van der Waals surface area contributed by atoms with Crippen LogP contribution in [-0.2, 0) is 0 Å². The summed E-state index contributed by atoms with van der Waals surface area (Å²) in [6.45, 7) is 6.29. The van der Waals surface area contributed by atoms with Gasteiger partial charge in [-0.3, -0.25) is 0 Å². The number of allylic oxidation sites excluding steroid dienone is 3. The zero-order valence-electron chi connectivity index (χ0n) is 11.3. The molecule has 1 aliphatic carbocycles. The molecule has 0 spiro atoms. The third-order valence-corrected chi connectivity index (χ3v) is 3.43. The van der Waals surface area contributed by atoms with Crippen LogP contribution in [0.1, 0.15) is 25.8 Å². The second-order valence-electron chi connectivity index (χ2n) is 5.24. The smallest absolute Gasteiger partial charge is 0.110 e. The molecule has 1 aromatic carbocycles. The Kier molecular flexibility index (Phi) is 3.37. The van der Waals surface area contributed by atoms with Gasteiger partial charge < -0.3 is 5.73 Å². The number of hydrogen-bond acceptors (Lipinski definition) is 1. The average Bonchev–Trinajstić information content (AvgIpc) is 2.36. The first-order valence-corrected chi connectivity index (χ1v) is 6.27. The standard InChI is InChI=1S/C16H20N2/c1-12-4-6-14(7-5-12)18-15(17)16(3)10-8-13(2)9-11-16/h4-10H,11H2,1-3H3,(H2,17,18). The Morgan fingerprint density at radius 2 is 1.89 bits per heavy atom. The normalized spacial score (nSPS) is 23.9.